The molecule has 1 heterocycles. The molecule has 9 heteroatoms. The second kappa shape index (κ2) is 7.12. The molecule has 0 aliphatic carbocycles. The smallest absolute Gasteiger partial charge is 0.316 e. The zero-order valence-electron chi connectivity index (χ0n) is 14.1. The number of furan rings is 1. The number of amides is 4. The first-order valence-corrected chi connectivity index (χ1v) is 7.47. The van der Waals surface area contributed by atoms with Crippen molar-refractivity contribution in [1.82, 2.24) is 10.6 Å². The Morgan fingerprint density at radius 2 is 1.80 bits per heavy atom. The number of rotatable bonds is 6. The van der Waals surface area contributed by atoms with Gasteiger partial charge in [0.25, 0.3) is 0 Å². The standard InChI is InChI=1S/C16H20N4O5/c1-7-10-6-9(24-3)4-5-11(10)25-13(7)8(2)19-16(23)20-12(14(17)21)15(18)22/h4-6,8,12H,1-3H3,(H2,17,21)(H2,18,22)(H2,19,20,23). The lowest BCUT2D eigenvalue weighted by atomic mass is 10.1. The van der Waals surface area contributed by atoms with Gasteiger partial charge in [0.1, 0.15) is 17.1 Å². The first kappa shape index (κ1) is 18.1. The number of nitrogens with one attached hydrogen (secondary N) is 2. The Kier molecular flexibility index (Phi) is 5.16. The molecule has 134 valence electrons. The molecule has 9 nitrogen and oxygen atoms in total. The molecule has 25 heavy (non-hydrogen) atoms. The van der Waals surface area contributed by atoms with Crippen molar-refractivity contribution in [2.24, 2.45) is 11.5 Å². The number of urea groups is 1. The lowest BCUT2D eigenvalue weighted by Crippen LogP contribution is -2.55. The second-order valence-corrected chi connectivity index (χ2v) is 5.53. The third-order valence-electron chi connectivity index (χ3n) is 3.77. The number of hydrogen-bond donors (Lipinski definition) is 4. The number of primary amides is 2. The summed E-state index contributed by atoms with van der Waals surface area (Å²) in [5, 5.41) is 5.56. The molecule has 1 aromatic heterocycles. The van der Waals surface area contributed by atoms with Crippen molar-refractivity contribution >= 4 is 28.8 Å². The minimum atomic E-state index is -1.59. The molecule has 0 aliphatic rings. The maximum atomic E-state index is 12.0. The Morgan fingerprint density at radius 1 is 1.16 bits per heavy atom. The van der Waals surface area contributed by atoms with Crippen LogP contribution in [0.2, 0.25) is 0 Å². The van der Waals surface area contributed by atoms with Crippen LogP contribution in [0.5, 0.6) is 5.75 Å². The monoisotopic (exact) mass is 348 g/mol. The Hall–Kier alpha value is -3.23. The molecule has 2 aromatic rings. The van der Waals surface area contributed by atoms with Crippen molar-refractivity contribution in [3.63, 3.8) is 0 Å². The average molecular weight is 348 g/mol. The summed E-state index contributed by atoms with van der Waals surface area (Å²) in [6.07, 6.45) is 0. The fourth-order valence-corrected chi connectivity index (χ4v) is 2.48. The molecule has 0 saturated heterocycles. The van der Waals surface area contributed by atoms with Gasteiger partial charge in [-0.25, -0.2) is 4.79 Å². The van der Waals surface area contributed by atoms with Gasteiger partial charge in [0.2, 0.25) is 11.8 Å². The summed E-state index contributed by atoms with van der Waals surface area (Å²) in [6, 6.07) is 2.49. The highest BCUT2D eigenvalue weighted by molar-refractivity contribution is 6.05. The van der Waals surface area contributed by atoms with Crippen LogP contribution in [0.1, 0.15) is 24.3 Å². The van der Waals surface area contributed by atoms with E-state index in [4.69, 9.17) is 20.6 Å². The van der Waals surface area contributed by atoms with Crippen LogP contribution in [0.4, 0.5) is 4.79 Å². The molecule has 0 spiro atoms. The minimum Gasteiger partial charge on any atom is -0.497 e. The number of methoxy groups -OCH3 is 1. The number of benzene rings is 1. The third-order valence-corrected chi connectivity index (χ3v) is 3.77. The van der Waals surface area contributed by atoms with Gasteiger partial charge in [0.05, 0.1) is 13.2 Å². The van der Waals surface area contributed by atoms with E-state index in [0.717, 1.165) is 10.9 Å². The van der Waals surface area contributed by atoms with Gasteiger partial charge >= 0.3 is 6.03 Å². The number of nitrogens with two attached hydrogens (primary N) is 2. The SMILES string of the molecule is COc1ccc2oc(C(C)NC(=O)NC(C(N)=O)C(N)=O)c(C)c2c1. The first-order valence-electron chi connectivity index (χ1n) is 7.47. The number of ether oxygens (including phenoxy) is 1. The molecular weight excluding hydrogens is 328 g/mol. The van der Waals surface area contributed by atoms with Crippen LogP contribution in [-0.2, 0) is 9.59 Å². The molecule has 6 N–H and O–H groups in total. The van der Waals surface area contributed by atoms with Gasteiger partial charge in [-0.3, -0.25) is 9.59 Å². The van der Waals surface area contributed by atoms with E-state index in [1.54, 1.807) is 26.2 Å². The maximum absolute atomic E-state index is 12.0. The fourth-order valence-electron chi connectivity index (χ4n) is 2.48. The quantitative estimate of drug-likeness (QED) is 0.559. The summed E-state index contributed by atoms with van der Waals surface area (Å²) in [7, 11) is 1.57. The van der Waals surface area contributed by atoms with Crippen LogP contribution in [0.15, 0.2) is 22.6 Å². The summed E-state index contributed by atoms with van der Waals surface area (Å²) in [4.78, 5) is 34.2. The van der Waals surface area contributed by atoms with Gasteiger partial charge in [0, 0.05) is 10.9 Å². The van der Waals surface area contributed by atoms with E-state index in [1.165, 1.54) is 0 Å². The molecule has 1 unspecified atom stereocenters. The molecule has 0 aliphatic heterocycles. The summed E-state index contributed by atoms with van der Waals surface area (Å²) in [5.74, 6) is -0.857. The van der Waals surface area contributed by atoms with E-state index in [-0.39, 0.29) is 0 Å². The zero-order valence-corrected chi connectivity index (χ0v) is 14.1. The third kappa shape index (κ3) is 3.82. The van der Waals surface area contributed by atoms with E-state index >= 15 is 0 Å². The average Bonchev–Trinajstić information content (AvgIpc) is 2.88. The van der Waals surface area contributed by atoms with Crippen LogP contribution < -0.4 is 26.8 Å². The van der Waals surface area contributed by atoms with E-state index in [2.05, 4.69) is 10.6 Å². The summed E-state index contributed by atoms with van der Waals surface area (Å²) < 4.78 is 11.0. The van der Waals surface area contributed by atoms with E-state index in [9.17, 15) is 14.4 Å². The van der Waals surface area contributed by atoms with Crippen LogP contribution in [0.3, 0.4) is 0 Å². The predicted octanol–water partition coefficient (Wildman–Crippen LogP) is 0.449. The van der Waals surface area contributed by atoms with Gasteiger partial charge in [-0.15, -0.1) is 0 Å². The van der Waals surface area contributed by atoms with Gasteiger partial charge in [-0.05, 0) is 32.0 Å². The van der Waals surface area contributed by atoms with Crippen LogP contribution in [0, 0.1) is 6.92 Å². The van der Waals surface area contributed by atoms with E-state index in [1.807, 2.05) is 13.0 Å². The Balaban J connectivity index is 2.17. The molecule has 2 rings (SSSR count). The van der Waals surface area contributed by atoms with Crippen LogP contribution >= 0.6 is 0 Å². The number of fused-ring (bicyclic) bond motifs is 1. The predicted molar refractivity (Wildman–Crippen MR) is 89.8 cm³/mol. The summed E-state index contributed by atoms with van der Waals surface area (Å²) in [6.45, 7) is 3.55. The number of carbonyl (C=O) groups excluding carboxylic acids is 3. The topological polar surface area (TPSA) is 150 Å². The van der Waals surface area contributed by atoms with Crippen molar-refractivity contribution in [1.29, 1.82) is 0 Å². The van der Waals surface area contributed by atoms with Crippen molar-refractivity contribution in [3.05, 3.63) is 29.5 Å². The summed E-state index contributed by atoms with van der Waals surface area (Å²) >= 11 is 0. The largest absolute Gasteiger partial charge is 0.497 e. The van der Waals surface area contributed by atoms with E-state index < -0.39 is 29.9 Å². The number of hydrogen-bond acceptors (Lipinski definition) is 5. The van der Waals surface area contributed by atoms with Gasteiger partial charge in [0.15, 0.2) is 6.04 Å². The van der Waals surface area contributed by atoms with Gasteiger partial charge in [-0.1, -0.05) is 0 Å². The Bertz CT molecular complexity index is 815. The zero-order chi connectivity index (χ0) is 18.7. The van der Waals surface area contributed by atoms with E-state index in [0.29, 0.717) is 17.1 Å². The Morgan fingerprint density at radius 3 is 2.36 bits per heavy atom. The minimum absolute atomic E-state index is 0.528. The van der Waals surface area contributed by atoms with Crippen molar-refractivity contribution in [2.45, 2.75) is 25.9 Å². The fraction of sp³-hybridized carbons (Fsp3) is 0.312. The van der Waals surface area contributed by atoms with Gasteiger partial charge in [-0.2, -0.15) is 0 Å². The summed E-state index contributed by atoms with van der Waals surface area (Å²) in [5.41, 5.74) is 11.5. The maximum Gasteiger partial charge on any atom is 0.316 e. The molecule has 1 aromatic carbocycles. The van der Waals surface area contributed by atoms with Crippen molar-refractivity contribution < 1.29 is 23.5 Å². The number of carbonyl (C=O) groups is 3. The second-order valence-electron chi connectivity index (χ2n) is 5.53. The lowest BCUT2D eigenvalue weighted by molar-refractivity contribution is -0.128. The van der Waals surface area contributed by atoms with Crippen molar-refractivity contribution in [2.75, 3.05) is 7.11 Å². The van der Waals surface area contributed by atoms with Crippen LogP contribution in [0.25, 0.3) is 11.0 Å². The highest BCUT2D eigenvalue weighted by Gasteiger charge is 2.25. The first-order chi connectivity index (χ1) is 11.7. The molecule has 0 bridgehead atoms. The molecule has 0 saturated carbocycles. The highest BCUT2D eigenvalue weighted by atomic mass is 16.5. The highest BCUT2D eigenvalue weighted by Crippen LogP contribution is 2.31. The van der Waals surface area contributed by atoms with Crippen molar-refractivity contribution in [3.8, 4) is 5.75 Å². The van der Waals surface area contributed by atoms with Crippen LogP contribution in [-0.4, -0.2) is 31.0 Å². The lowest BCUT2D eigenvalue weighted by Gasteiger charge is -2.16. The Labute approximate surface area is 143 Å². The molecule has 0 fully saturated rings. The molecular formula is C16H20N4O5. The normalized spacial score (nSPS) is 12.0. The number of aryl methyl sites for hydroxylation is 1. The molecule has 1 atom stereocenters. The molecule has 4 amide bonds. The van der Waals surface area contributed by atoms with Gasteiger partial charge < -0.3 is 31.3 Å². The molecule has 0 radical (unpaired) electrons.